The maximum atomic E-state index is 9.83. The Kier molecular flexibility index (Phi) is 4.46. The van der Waals surface area contributed by atoms with Crippen LogP contribution < -0.4 is 4.90 Å². The average Bonchev–Trinajstić information content (AvgIpc) is 3.22. The third kappa shape index (κ3) is 3.07. The van der Waals surface area contributed by atoms with E-state index in [-0.39, 0.29) is 6.61 Å². The molecule has 1 N–H and O–H groups in total. The highest BCUT2D eigenvalue weighted by atomic mass is 32.1. The molecular weight excluding hydrogens is 308 g/mol. The average molecular weight is 332 g/mol. The van der Waals surface area contributed by atoms with Crippen LogP contribution in [0.25, 0.3) is 10.2 Å². The maximum absolute atomic E-state index is 9.83. The van der Waals surface area contributed by atoms with Gasteiger partial charge in [-0.05, 0) is 43.3 Å². The largest absolute Gasteiger partial charge is 0.396 e. The van der Waals surface area contributed by atoms with E-state index >= 15 is 0 Å². The molecule has 4 rings (SSSR count). The summed E-state index contributed by atoms with van der Waals surface area (Å²) in [4.78, 5) is 14.9. The first-order valence-electron chi connectivity index (χ1n) is 8.61. The number of hydrogen-bond acceptors (Lipinski definition) is 6. The smallest absolute Gasteiger partial charge is 0.140 e. The van der Waals surface area contributed by atoms with Gasteiger partial charge in [-0.2, -0.15) is 0 Å². The normalized spacial score (nSPS) is 26.2. The fourth-order valence-electron chi connectivity index (χ4n) is 4.03. The highest BCUT2D eigenvalue weighted by Crippen LogP contribution is 2.33. The predicted molar refractivity (Wildman–Crippen MR) is 94.0 cm³/mol. The molecule has 2 fully saturated rings. The van der Waals surface area contributed by atoms with E-state index in [1.54, 1.807) is 17.7 Å². The third-order valence-corrected chi connectivity index (χ3v) is 6.11. The van der Waals surface area contributed by atoms with E-state index in [4.69, 9.17) is 0 Å². The van der Waals surface area contributed by atoms with Crippen molar-refractivity contribution in [2.75, 3.05) is 44.2 Å². The fourth-order valence-corrected chi connectivity index (χ4v) is 4.76. The van der Waals surface area contributed by atoms with Crippen molar-refractivity contribution in [1.29, 1.82) is 0 Å². The summed E-state index contributed by atoms with van der Waals surface area (Å²) in [7, 11) is 0. The number of likely N-dealkylation sites (tertiary alicyclic amines) is 1. The summed E-state index contributed by atoms with van der Waals surface area (Å²) in [6, 6.07) is 2.11. The van der Waals surface area contributed by atoms with Crippen LogP contribution >= 0.6 is 11.3 Å². The zero-order valence-electron chi connectivity index (χ0n) is 13.4. The minimum atomic E-state index is 0.271. The van der Waals surface area contributed by atoms with Crippen LogP contribution in [0.5, 0.6) is 0 Å². The molecule has 0 saturated carbocycles. The van der Waals surface area contributed by atoms with Gasteiger partial charge >= 0.3 is 0 Å². The van der Waals surface area contributed by atoms with Crippen LogP contribution in [0.15, 0.2) is 17.8 Å². The summed E-state index contributed by atoms with van der Waals surface area (Å²) in [6.07, 6.45) is 5.68. The lowest BCUT2D eigenvalue weighted by Crippen LogP contribution is -2.37. The monoisotopic (exact) mass is 332 g/mol. The highest BCUT2D eigenvalue weighted by Gasteiger charge is 2.35. The van der Waals surface area contributed by atoms with Crippen molar-refractivity contribution in [1.82, 2.24) is 14.9 Å². The number of nitrogens with zero attached hydrogens (tertiary/aromatic N) is 4. The first kappa shape index (κ1) is 15.3. The molecule has 2 aliphatic rings. The molecule has 0 aliphatic carbocycles. The van der Waals surface area contributed by atoms with Crippen LogP contribution in [0, 0.1) is 11.8 Å². The summed E-state index contributed by atoms with van der Waals surface area (Å²) >= 11 is 1.66. The van der Waals surface area contributed by atoms with E-state index in [1.807, 2.05) is 0 Å². The first-order valence-corrected chi connectivity index (χ1v) is 9.49. The molecule has 2 aromatic heterocycles. The van der Waals surface area contributed by atoms with E-state index < -0.39 is 0 Å². The van der Waals surface area contributed by atoms with E-state index in [0.29, 0.717) is 11.8 Å². The van der Waals surface area contributed by atoms with Crippen LogP contribution in [-0.4, -0.2) is 59.3 Å². The van der Waals surface area contributed by atoms with Crippen molar-refractivity contribution in [3.05, 3.63) is 17.8 Å². The van der Waals surface area contributed by atoms with Gasteiger partial charge in [-0.1, -0.05) is 6.42 Å². The number of aromatic nitrogens is 2. The van der Waals surface area contributed by atoms with Crippen molar-refractivity contribution in [2.24, 2.45) is 11.8 Å². The van der Waals surface area contributed by atoms with Gasteiger partial charge in [0.2, 0.25) is 0 Å². The maximum Gasteiger partial charge on any atom is 0.140 e. The van der Waals surface area contributed by atoms with E-state index in [2.05, 4.69) is 31.2 Å². The number of piperidine rings is 1. The van der Waals surface area contributed by atoms with E-state index in [0.717, 1.165) is 35.7 Å². The van der Waals surface area contributed by atoms with Crippen molar-refractivity contribution < 1.29 is 5.11 Å². The number of anilines is 1. The third-order valence-electron chi connectivity index (χ3n) is 5.29. The zero-order valence-corrected chi connectivity index (χ0v) is 14.2. The van der Waals surface area contributed by atoms with Gasteiger partial charge in [-0.25, -0.2) is 9.97 Å². The summed E-state index contributed by atoms with van der Waals surface area (Å²) in [5, 5.41) is 13.1. The van der Waals surface area contributed by atoms with Crippen molar-refractivity contribution in [2.45, 2.75) is 19.3 Å². The van der Waals surface area contributed by atoms with Gasteiger partial charge < -0.3 is 14.9 Å². The molecule has 0 spiro atoms. The molecule has 6 heteroatoms. The number of hydrogen-bond donors (Lipinski definition) is 1. The second-order valence-electron chi connectivity index (χ2n) is 6.81. The zero-order chi connectivity index (χ0) is 15.6. The Balaban J connectivity index is 1.51. The Bertz CT molecular complexity index is 655. The van der Waals surface area contributed by atoms with Gasteiger partial charge in [0, 0.05) is 32.2 Å². The minimum absolute atomic E-state index is 0.271. The fraction of sp³-hybridized carbons (Fsp3) is 0.647. The van der Waals surface area contributed by atoms with Gasteiger partial charge in [0.05, 0.1) is 5.39 Å². The lowest BCUT2D eigenvalue weighted by Gasteiger charge is -2.30. The van der Waals surface area contributed by atoms with Crippen LogP contribution in [0.3, 0.4) is 0 Å². The number of aliphatic hydroxyl groups is 1. The van der Waals surface area contributed by atoms with Crippen LogP contribution in [0.4, 0.5) is 5.82 Å². The number of aliphatic hydroxyl groups excluding tert-OH is 1. The molecule has 23 heavy (non-hydrogen) atoms. The van der Waals surface area contributed by atoms with Gasteiger partial charge in [0.15, 0.2) is 0 Å². The van der Waals surface area contributed by atoms with Crippen molar-refractivity contribution >= 4 is 27.4 Å². The van der Waals surface area contributed by atoms with Gasteiger partial charge in [0.1, 0.15) is 17.0 Å². The van der Waals surface area contributed by atoms with E-state index in [9.17, 15) is 5.11 Å². The van der Waals surface area contributed by atoms with Gasteiger partial charge in [-0.3, -0.25) is 0 Å². The molecule has 124 valence electrons. The molecule has 2 atom stereocenters. The first-order chi connectivity index (χ1) is 11.3. The molecule has 0 unspecified atom stereocenters. The molecule has 0 bridgehead atoms. The quantitative estimate of drug-likeness (QED) is 0.930. The predicted octanol–water partition coefficient (Wildman–Crippen LogP) is 2.22. The van der Waals surface area contributed by atoms with Gasteiger partial charge in [-0.15, -0.1) is 11.3 Å². The topological polar surface area (TPSA) is 52.5 Å². The summed E-state index contributed by atoms with van der Waals surface area (Å²) < 4.78 is 0. The van der Waals surface area contributed by atoms with Crippen LogP contribution in [0.2, 0.25) is 0 Å². The molecule has 4 heterocycles. The number of rotatable bonds is 4. The van der Waals surface area contributed by atoms with Gasteiger partial charge in [0.25, 0.3) is 0 Å². The van der Waals surface area contributed by atoms with Crippen molar-refractivity contribution in [3.8, 4) is 0 Å². The molecular formula is C17H24N4OS. The summed E-state index contributed by atoms with van der Waals surface area (Å²) in [5.41, 5.74) is 0. The summed E-state index contributed by atoms with van der Waals surface area (Å²) in [6.45, 7) is 5.71. The standard InChI is InChI=1S/C17H24N4OS/c22-11-14-10-21(9-13(14)8-20-5-2-1-3-6-20)16-15-4-7-23-17(15)19-12-18-16/h4,7,12-14,22H,1-3,5-6,8-11H2/t13-,14-/m0/s1. The van der Waals surface area contributed by atoms with Crippen molar-refractivity contribution in [3.63, 3.8) is 0 Å². The Morgan fingerprint density at radius 1 is 1.13 bits per heavy atom. The number of fused-ring (bicyclic) bond motifs is 1. The SMILES string of the molecule is OC[C@@H]1CN(c2ncnc3sccc23)C[C@@H]1CN1CCCCC1. The summed E-state index contributed by atoms with van der Waals surface area (Å²) in [5.74, 6) is 1.91. The Hall–Kier alpha value is -1.24. The van der Waals surface area contributed by atoms with Crippen LogP contribution in [0.1, 0.15) is 19.3 Å². The molecule has 0 radical (unpaired) electrons. The lowest BCUT2D eigenvalue weighted by atomic mass is 9.95. The molecule has 0 aromatic carbocycles. The Labute approximate surface area is 141 Å². The molecule has 5 nitrogen and oxygen atoms in total. The molecule has 0 amide bonds. The van der Waals surface area contributed by atoms with Crippen LogP contribution in [-0.2, 0) is 0 Å². The number of thiophene rings is 1. The Morgan fingerprint density at radius 3 is 2.78 bits per heavy atom. The molecule has 2 aliphatic heterocycles. The highest BCUT2D eigenvalue weighted by molar-refractivity contribution is 7.16. The second-order valence-corrected chi connectivity index (χ2v) is 7.70. The molecule has 2 saturated heterocycles. The Morgan fingerprint density at radius 2 is 1.96 bits per heavy atom. The van der Waals surface area contributed by atoms with E-state index in [1.165, 1.54) is 32.4 Å². The second kappa shape index (κ2) is 6.71. The minimum Gasteiger partial charge on any atom is -0.396 e. The lowest BCUT2D eigenvalue weighted by molar-refractivity contribution is 0.149. The molecule has 2 aromatic rings.